The minimum atomic E-state index is -4.62. The third-order valence-corrected chi connectivity index (χ3v) is 7.88. The Morgan fingerprint density at radius 3 is 2.05 bits per heavy atom. The van der Waals surface area contributed by atoms with E-state index < -0.39 is 38.4 Å². The molecule has 238 valence electrons. The summed E-state index contributed by atoms with van der Waals surface area (Å²) < 4.78 is 113. The number of ether oxygens (including phenoxy) is 2. The van der Waals surface area contributed by atoms with Crippen molar-refractivity contribution in [2.45, 2.75) is 63.0 Å². The summed E-state index contributed by atoms with van der Waals surface area (Å²) in [6.45, 7) is 7.90. The van der Waals surface area contributed by atoms with Gasteiger partial charge in [0.15, 0.2) is 0 Å². The van der Waals surface area contributed by atoms with Crippen molar-refractivity contribution in [2.75, 3.05) is 36.1 Å². The molecule has 0 saturated heterocycles. The van der Waals surface area contributed by atoms with Crippen LogP contribution in [0.25, 0.3) is 0 Å². The highest BCUT2D eigenvalue weighted by Crippen LogP contribution is 2.38. The number of nitrogens with one attached hydrogen (secondary N) is 2. The van der Waals surface area contributed by atoms with Crippen molar-refractivity contribution < 1.29 is 49.0 Å². The molecule has 0 atom stereocenters. The standard InChI is InChI=1S/C16H15F3N2O3S.C5H7F3O2.C5H13NS/c1-20-12-5-6-15-14(10-12)21(7-8-24-15)25(22,23)13-4-2-3-11(9-13)16(17,18)19;1-4(2,10-3-9)5(6,7)8;1-5(2,3)6-7-4/h2-6,9-10,20H,7-8H2,1H3;3H,1-2H3;6H,1-4H3. The third-order valence-electron chi connectivity index (χ3n) is 5.25. The van der Waals surface area contributed by atoms with Crippen LogP contribution in [0.3, 0.4) is 0 Å². The van der Waals surface area contributed by atoms with E-state index in [0.29, 0.717) is 17.5 Å². The van der Waals surface area contributed by atoms with Gasteiger partial charge >= 0.3 is 12.4 Å². The average Bonchev–Trinajstić information content (AvgIpc) is 2.87. The summed E-state index contributed by atoms with van der Waals surface area (Å²) in [5, 5.41) is 2.89. The second kappa shape index (κ2) is 14.6. The largest absolute Gasteiger partial charge is 0.489 e. The Morgan fingerprint density at radius 1 is 1.00 bits per heavy atom. The van der Waals surface area contributed by atoms with Crippen LogP contribution in [0, 0.1) is 0 Å². The van der Waals surface area contributed by atoms with Crippen LogP contribution in [0.2, 0.25) is 0 Å². The van der Waals surface area contributed by atoms with E-state index in [1.54, 1.807) is 37.2 Å². The van der Waals surface area contributed by atoms with Crippen LogP contribution in [0.15, 0.2) is 47.4 Å². The quantitative estimate of drug-likeness (QED) is 0.209. The number of sulfonamides is 1. The lowest BCUT2D eigenvalue weighted by Gasteiger charge is -2.31. The van der Waals surface area contributed by atoms with E-state index in [-0.39, 0.29) is 30.9 Å². The Bertz CT molecular complexity index is 1280. The van der Waals surface area contributed by atoms with Gasteiger partial charge in [-0.05, 0) is 77.3 Å². The molecule has 1 heterocycles. The SMILES string of the molecule is CC(C)(OC=O)C(F)(F)F.CNc1ccc2c(c1)N(S(=O)(=O)c1cccc(C(F)(F)F)c1)CCO2.CSNC(C)(C)C. The molecule has 0 unspecified atom stereocenters. The Labute approximate surface area is 246 Å². The van der Waals surface area contributed by atoms with Crippen molar-refractivity contribution in [2.24, 2.45) is 0 Å². The number of carbonyl (C=O) groups is 1. The zero-order valence-corrected chi connectivity index (χ0v) is 25.7. The fourth-order valence-corrected chi connectivity index (χ4v) is 5.16. The molecule has 0 fully saturated rings. The van der Waals surface area contributed by atoms with Gasteiger partial charge in [0.05, 0.1) is 22.7 Å². The van der Waals surface area contributed by atoms with E-state index in [9.17, 15) is 39.6 Å². The van der Waals surface area contributed by atoms with Crippen LogP contribution in [-0.2, 0) is 25.7 Å². The van der Waals surface area contributed by atoms with Crippen LogP contribution in [-0.4, -0.2) is 58.7 Å². The zero-order chi connectivity index (χ0) is 32.6. The van der Waals surface area contributed by atoms with Crippen LogP contribution < -0.4 is 19.1 Å². The lowest BCUT2D eigenvalue weighted by molar-refractivity contribution is -0.251. The van der Waals surface area contributed by atoms with E-state index in [4.69, 9.17) is 4.74 Å². The minimum Gasteiger partial charge on any atom is -0.489 e. The first-order valence-electron chi connectivity index (χ1n) is 12.2. The second-order valence-electron chi connectivity index (χ2n) is 10.2. The molecule has 3 rings (SSSR count). The molecule has 2 aromatic rings. The number of hydrogen-bond acceptors (Lipinski definition) is 8. The van der Waals surface area contributed by atoms with Gasteiger partial charge < -0.3 is 14.8 Å². The predicted octanol–water partition coefficient (Wildman–Crippen LogP) is 6.49. The maximum Gasteiger partial charge on any atom is 0.427 e. The van der Waals surface area contributed by atoms with Crippen molar-refractivity contribution in [3.8, 4) is 5.75 Å². The van der Waals surface area contributed by atoms with Crippen molar-refractivity contribution in [1.29, 1.82) is 0 Å². The highest BCUT2D eigenvalue weighted by molar-refractivity contribution is 7.96. The van der Waals surface area contributed by atoms with Gasteiger partial charge in [-0.1, -0.05) is 18.0 Å². The van der Waals surface area contributed by atoms with E-state index in [0.717, 1.165) is 36.4 Å². The molecule has 1 aliphatic rings. The second-order valence-corrected chi connectivity index (χ2v) is 12.6. The third kappa shape index (κ3) is 10.8. The number of anilines is 2. The molecule has 0 bridgehead atoms. The summed E-state index contributed by atoms with van der Waals surface area (Å²) in [6.07, 6.45) is -7.09. The number of fused-ring (bicyclic) bond motifs is 1. The molecule has 2 aromatic carbocycles. The van der Waals surface area contributed by atoms with Crippen molar-refractivity contribution >= 4 is 39.8 Å². The van der Waals surface area contributed by atoms with Gasteiger partial charge in [-0.3, -0.25) is 13.8 Å². The summed E-state index contributed by atoms with van der Waals surface area (Å²) in [7, 11) is -2.48. The fraction of sp³-hybridized carbons (Fsp3) is 0.500. The van der Waals surface area contributed by atoms with Crippen molar-refractivity contribution in [3.63, 3.8) is 0 Å². The molecule has 0 radical (unpaired) electrons. The fourth-order valence-electron chi connectivity index (χ4n) is 3.05. The van der Waals surface area contributed by atoms with Gasteiger partial charge in [0, 0.05) is 18.3 Å². The van der Waals surface area contributed by atoms with Gasteiger partial charge in [0.1, 0.15) is 12.4 Å². The molecule has 42 heavy (non-hydrogen) atoms. The molecule has 0 spiro atoms. The molecule has 0 aliphatic carbocycles. The van der Waals surface area contributed by atoms with Crippen molar-refractivity contribution in [3.05, 3.63) is 48.0 Å². The Balaban J connectivity index is 0.000000429. The number of halogens is 6. The summed E-state index contributed by atoms with van der Waals surface area (Å²) in [5.74, 6) is 0.362. The molecule has 8 nitrogen and oxygen atoms in total. The van der Waals surface area contributed by atoms with Crippen molar-refractivity contribution in [1.82, 2.24) is 4.72 Å². The van der Waals surface area contributed by atoms with E-state index in [2.05, 4.69) is 35.5 Å². The van der Waals surface area contributed by atoms with Gasteiger partial charge in [-0.2, -0.15) is 26.3 Å². The maximum absolute atomic E-state index is 12.9. The van der Waals surface area contributed by atoms with Gasteiger partial charge in [0.2, 0.25) is 5.60 Å². The number of rotatable bonds is 6. The highest BCUT2D eigenvalue weighted by atomic mass is 32.2. The first-order chi connectivity index (χ1) is 19.1. The molecule has 16 heteroatoms. The number of alkyl halides is 6. The number of hydrogen-bond donors (Lipinski definition) is 2. The molecule has 2 N–H and O–H groups in total. The first-order valence-corrected chi connectivity index (χ1v) is 14.9. The van der Waals surface area contributed by atoms with Crippen LogP contribution in [0.4, 0.5) is 37.7 Å². The van der Waals surface area contributed by atoms with Crippen LogP contribution in [0.1, 0.15) is 40.2 Å². The van der Waals surface area contributed by atoms with Crippen LogP contribution in [0.5, 0.6) is 5.75 Å². The monoisotopic (exact) mass is 647 g/mol. The number of carbonyl (C=O) groups excluding carboxylic acids is 1. The predicted molar refractivity (Wildman–Crippen MR) is 151 cm³/mol. The van der Waals surface area contributed by atoms with Crippen LogP contribution >= 0.6 is 11.9 Å². The highest BCUT2D eigenvalue weighted by Gasteiger charge is 2.49. The smallest absolute Gasteiger partial charge is 0.427 e. The Kier molecular flexibility index (Phi) is 12.9. The normalized spacial score (nSPS) is 13.8. The lowest BCUT2D eigenvalue weighted by atomic mass is 10.1. The molecule has 0 amide bonds. The van der Waals surface area contributed by atoms with Gasteiger partial charge in [-0.15, -0.1) is 0 Å². The average molecular weight is 648 g/mol. The molecule has 1 aliphatic heterocycles. The lowest BCUT2D eigenvalue weighted by Crippen LogP contribution is -2.41. The first kappa shape index (κ1) is 37.2. The molecule has 0 saturated carbocycles. The van der Waals surface area contributed by atoms with Gasteiger partial charge in [0.25, 0.3) is 16.5 Å². The Hall–Kier alpha value is -2.85. The van der Waals surface area contributed by atoms with E-state index in [1.807, 2.05) is 6.26 Å². The van der Waals surface area contributed by atoms with E-state index >= 15 is 0 Å². The summed E-state index contributed by atoms with van der Waals surface area (Å²) >= 11 is 1.66. The summed E-state index contributed by atoms with van der Waals surface area (Å²) in [4.78, 5) is 9.13. The summed E-state index contributed by atoms with van der Waals surface area (Å²) in [5.41, 5.74) is -2.18. The maximum atomic E-state index is 12.9. The minimum absolute atomic E-state index is 0.0126. The van der Waals surface area contributed by atoms with E-state index in [1.165, 1.54) is 0 Å². The molecular weight excluding hydrogens is 612 g/mol. The molecular formula is C26H35F6N3O5S2. The zero-order valence-electron chi connectivity index (χ0n) is 24.1. The number of nitrogens with zero attached hydrogens (tertiary/aromatic N) is 1. The summed E-state index contributed by atoms with van der Waals surface area (Å²) in [6, 6.07) is 8.65. The number of benzene rings is 2. The molecule has 0 aromatic heterocycles. The topological polar surface area (TPSA) is 97.0 Å². The Morgan fingerprint density at radius 2 is 1.62 bits per heavy atom. The van der Waals surface area contributed by atoms with Gasteiger partial charge in [-0.25, -0.2) is 8.42 Å².